The van der Waals surface area contributed by atoms with Crippen LogP contribution < -0.4 is 4.74 Å². The molecule has 1 aromatic rings. The number of nitrogens with zero attached hydrogens (tertiary/aromatic N) is 1. The van der Waals surface area contributed by atoms with E-state index in [1.807, 2.05) is 19.2 Å². The Morgan fingerprint density at radius 3 is 2.83 bits per heavy atom. The van der Waals surface area contributed by atoms with Crippen molar-refractivity contribution in [3.63, 3.8) is 0 Å². The van der Waals surface area contributed by atoms with Gasteiger partial charge in [-0.15, -0.1) is 11.6 Å². The average Bonchev–Trinajstić information content (AvgIpc) is 2.36. The number of halogens is 1. The van der Waals surface area contributed by atoms with Crippen LogP contribution in [0.1, 0.15) is 24.3 Å². The molecule has 2 rings (SSSR count). The van der Waals surface area contributed by atoms with Gasteiger partial charge in [-0.3, -0.25) is 4.79 Å². The summed E-state index contributed by atoms with van der Waals surface area (Å²) in [7, 11) is 3.51. The zero-order chi connectivity index (χ0) is 13.1. The molecule has 0 saturated heterocycles. The second-order valence-electron chi connectivity index (χ2n) is 4.74. The maximum atomic E-state index is 11.5. The van der Waals surface area contributed by atoms with Crippen molar-refractivity contribution in [2.75, 3.05) is 20.0 Å². The second-order valence-corrected chi connectivity index (χ2v) is 5.00. The molecule has 98 valence electrons. The summed E-state index contributed by atoms with van der Waals surface area (Å²) in [6, 6.07) is 8.47. The second kappa shape index (κ2) is 5.61. The Kier molecular flexibility index (Phi) is 4.12. The van der Waals surface area contributed by atoms with E-state index in [1.54, 1.807) is 12.0 Å². The normalized spacial score (nSPS) is 22.2. The number of methoxy groups -OCH3 is 1. The number of alkyl halides is 1. The van der Waals surface area contributed by atoms with Crippen molar-refractivity contribution in [3.05, 3.63) is 29.8 Å². The molecule has 0 heterocycles. The highest BCUT2D eigenvalue weighted by Gasteiger charge is 2.34. The van der Waals surface area contributed by atoms with Crippen LogP contribution in [0.5, 0.6) is 5.75 Å². The van der Waals surface area contributed by atoms with Crippen molar-refractivity contribution in [3.8, 4) is 5.75 Å². The van der Waals surface area contributed by atoms with E-state index in [-0.39, 0.29) is 11.8 Å². The smallest absolute Gasteiger partial charge is 0.237 e. The van der Waals surface area contributed by atoms with Crippen LogP contribution in [0.15, 0.2) is 24.3 Å². The van der Waals surface area contributed by atoms with Crippen LogP contribution in [-0.2, 0) is 4.79 Å². The number of carbonyl (C=O) groups excluding carboxylic acids is 1. The number of amides is 1. The lowest BCUT2D eigenvalue weighted by molar-refractivity contribution is -0.131. The number of carbonyl (C=O) groups is 1. The molecule has 0 N–H and O–H groups in total. The van der Waals surface area contributed by atoms with Gasteiger partial charge in [-0.1, -0.05) is 12.1 Å². The van der Waals surface area contributed by atoms with E-state index in [4.69, 9.17) is 16.3 Å². The standard InChI is InChI=1S/C14H18ClNO2/c1-16(14(17)9-15)12-6-11(7-12)10-4-3-5-13(8-10)18-2/h3-5,8,11-12H,6-7,9H2,1-2H3. The van der Waals surface area contributed by atoms with Gasteiger partial charge in [0.15, 0.2) is 0 Å². The molecule has 1 amide bonds. The molecular formula is C14H18ClNO2. The van der Waals surface area contributed by atoms with Crippen molar-refractivity contribution in [1.29, 1.82) is 0 Å². The minimum Gasteiger partial charge on any atom is -0.497 e. The van der Waals surface area contributed by atoms with Crippen LogP contribution in [0, 0.1) is 0 Å². The minimum absolute atomic E-state index is 0.00533. The molecule has 0 atom stereocenters. The summed E-state index contributed by atoms with van der Waals surface area (Å²) >= 11 is 5.56. The van der Waals surface area contributed by atoms with E-state index >= 15 is 0 Å². The first-order valence-electron chi connectivity index (χ1n) is 6.11. The highest BCUT2D eigenvalue weighted by Crippen LogP contribution is 2.40. The molecule has 0 aliphatic heterocycles. The Hall–Kier alpha value is -1.22. The summed E-state index contributed by atoms with van der Waals surface area (Å²) < 4.78 is 5.22. The van der Waals surface area contributed by atoms with Gasteiger partial charge in [0.25, 0.3) is 0 Å². The van der Waals surface area contributed by atoms with Crippen molar-refractivity contribution in [2.45, 2.75) is 24.8 Å². The third kappa shape index (κ3) is 2.61. The summed E-state index contributed by atoms with van der Waals surface area (Å²) in [5.74, 6) is 1.49. The zero-order valence-corrected chi connectivity index (χ0v) is 11.5. The quantitative estimate of drug-likeness (QED) is 0.785. The van der Waals surface area contributed by atoms with Gasteiger partial charge in [0.1, 0.15) is 11.6 Å². The molecule has 1 aliphatic carbocycles. The first kappa shape index (κ1) is 13.2. The van der Waals surface area contributed by atoms with Gasteiger partial charge in [-0.25, -0.2) is 0 Å². The number of benzene rings is 1. The van der Waals surface area contributed by atoms with Crippen molar-refractivity contribution in [1.82, 2.24) is 4.90 Å². The summed E-state index contributed by atoms with van der Waals surface area (Å²) in [5.41, 5.74) is 1.29. The van der Waals surface area contributed by atoms with Gasteiger partial charge in [0, 0.05) is 13.1 Å². The van der Waals surface area contributed by atoms with Gasteiger partial charge in [-0.2, -0.15) is 0 Å². The summed E-state index contributed by atoms with van der Waals surface area (Å²) in [4.78, 5) is 13.2. The Balaban J connectivity index is 1.94. The van der Waals surface area contributed by atoms with Crippen LogP contribution in [0.25, 0.3) is 0 Å². The number of rotatable bonds is 4. The number of hydrogen-bond acceptors (Lipinski definition) is 2. The average molecular weight is 268 g/mol. The first-order valence-corrected chi connectivity index (χ1v) is 6.64. The van der Waals surface area contributed by atoms with E-state index in [2.05, 4.69) is 12.1 Å². The molecule has 18 heavy (non-hydrogen) atoms. The predicted molar refractivity (Wildman–Crippen MR) is 72.2 cm³/mol. The van der Waals surface area contributed by atoms with Crippen LogP contribution >= 0.6 is 11.6 Å². The van der Waals surface area contributed by atoms with E-state index in [1.165, 1.54) is 5.56 Å². The number of hydrogen-bond donors (Lipinski definition) is 0. The summed E-state index contributed by atoms with van der Waals surface area (Å²) in [6.07, 6.45) is 2.01. The molecule has 0 radical (unpaired) electrons. The van der Waals surface area contributed by atoms with E-state index in [9.17, 15) is 4.79 Å². The lowest BCUT2D eigenvalue weighted by Gasteiger charge is -2.41. The SMILES string of the molecule is COc1cccc(C2CC(N(C)C(=O)CCl)C2)c1. The van der Waals surface area contributed by atoms with Crippen molar-refractivity contribution >= 4 is 17.5 Å². The van der Waals surface area contributed by atoms with Gasteiger partial charge in [0.2, 0.25) is 5.91 Å². The fraction of sp³-hybridized carbons (Fsp3) is 0.500. The Bertz CT molecular complexity index is 430. The highest BCUT2D eigenvalue weighted by atomic mass is 35.5. The maximum absolute atomic E-state index is 11.5. The molecule has 4 heteroatoms. The molecule has 1 aliphatic rings. The molecule has 0 aromatic heterocycles. The fourth-order valence-electron chi connectivity index (χ4n) is 2.37. The van der Waals surface area contributed by atoms with Gasteiger partial charge in [-0.05, 0) is 36.5 Å². The molecule has 0 unspecified atom stereocenters. The summed E-state index contributed by atoms with van der Waals surface area (Å²) in [6.45, 7) is 0. The first-order chi connectivity index (χ1) is 8.65. The molecule has 0 bridgehead atoms. The molecular weight excluding hydrogens is 250 g/mol. The third-order valence-corrected chi connectivity index (χ3v) is 3.96. The molecule has 1 saturated carbocycles. The molecule has 1 fully saturated rings. The maximum Gasteiger partial charge on any atom is 0.237 e. The van der Waals surface area contributed by atoms with Crippen LogP contribution in [0.3, 0.4) is 0 Å². The van der Waals surface area contributed by atoms with Crippen molar-refractivity contribution in [2.24, 2.45) is 0 Å². The minimum atomic E-state index is 0.00533. The zero-order valence-electron chi connectivity index (χ0n) is 10.7. The highest BCUT2D eigenvalue weighted by molar-refractivity contribution is 6.27. The monoisotopic (exact) mass is 267 g/mol. The van der Waals surface area contributed by atoms with E-state index in [0.29, 0.717) is 12.0 Å². The predicted octanol–water partition coefficient (Wildman–Crippen LogP) is 2.64. The molecule has 3 nitrogen and oxygen atoms in total. The van der Waals surface area contributed by atoms with E-state index < -0.39 is 0 Å². The van der Waals surface area contributed by atoms with Crippen LogP contribution in [0.4, 0.5) is 0 Å². The fourth-order valence-corrected chi connectivity index (χ4v) is 2.56. The van der Waals surface area contributed by atoms with Gasteiger partial charge in [0.05, 0.1) is 7.11 Å². The Labute approximate surface area is 113 Å². The van der Waals surface area contributed by atoms with Gasteiger partial charge < -0.3 is 9.64 Å². The largest absolute Gasteiger partial charge is 0.497 e. The van der Waals surface area contributed by atoms with Gasteiger partial charge >= 0.3 is 0 Å². The summed E-state index contributed by atoms with van der Waals surface area (Å²) in [5, 5.41) is 0. The number of ether oxygens (including phenoxy) is 1. The van der Waals surface area contributed by atoms with Crippen LogP contribution in [0.2, 0.25) is 0 Å². The molecule has 1 aromatic carbocycles. The van der Waals surface area contributed by atoms with Crippen LogP contribution in [-0.4, -0.2) is 36.9 Å². The van der Waals surface area contributed by atoms with Crippen molar-refractivity contribution < 1.29 is 9.53 Å². The molecule has 0 spiro atoms. The Morgan fingerprint density at radius 1 is 1.50 bits per heavy atom. The topological polar surface area (TPSA) is 29.5 Å². The Morgan fingerprint density at radius 2 is 2.22 bits per heavy atom. The lowest BCUT2D eigenvalue weighted by atomic mass is 9.75. The van der Waals surface area contributed by atoms with E-state index in [0.717, 1.165) is 18.6 Å². The third-order valence-electron chi connectivity index (χ3n) is 3.73. The lowest BCUT2D eigenvalue weighted by Crippen LogP contribution is -2.45.